The minimum atomic E-state index is -3.90. The molecule has 1 aliphatic heterocycles. The first-order valence-electron chi connectivity index (χ1n) is 7.89. The lowest BCUT2D eigenvalue weighted by Crippen LogP contribution is -2.35. The van der Waals surface area contributed by atoms with Crippen LogP contribution in [0.5, 0.6) is 0 Å². The zero-order chi connectivity index (χ0) is 18.6. The molecule has 1 aromatic heterocycles. The Labute approximate surface area is 163 Å². The number of aromatic nitrogens is 1. The molecule has 0 N–H and O–H groups in total. The van der Waals surface area contributed by atoms with Crippen LogP contribution in [0.15, 0.2) is 48.9 Å². The van der Waals surface area contributed by atoms with E-state index in [2.05, 4.69) is 15.9 Å². The summed E-state index contributed by atoms with van der Waals surface area (Å²) in [6.07, 6.45) is 1.52. The van der Waals surface area contributed by atoms with Crippen LogP contribution in [-0.2, 0) is 23.5 Å². The summed E-state index contributed by atoms with van der Waals surface area (Å²) in [6, 6.07) is 8.29. The second-order valence-corrected chi connectivity index (χ2v) is 9.28. The molecule has 0 radical (unpaired) electrons. The molecule has 0 atom stereocenters. The lowest BCUT2D eigenvalue weighted by Gasteiger charge is -2.30. The highest BCUT2D eigenvalue weighted by Crippen LogP contribution is 2.36. The van der Waals surface area contributed by atoms with E-state index in [0.717, 1.165) is 16.5 Å². The summed E-state index contributed by atoms with van der Waals surface area (Å²) in [6.45, 7) is 0.365. The first-order valence-corrected chi connectivity index (χ1v) is 10.5. The zero-order valence-electron chi connectivity index (χ0n) is 13.7. The number of sulfonamides is 1. The summed E-state index contributed by atoms with van der Waals surface area (Å²) in [5.74, 6) is -0.571. The maximum Gasteiger partial charge on any atom is 0.419 e. The summed E-state index contributed by atoms with van der Waals surface area (Å²) >= 11 is 9.69. The highest BCUT2D eigenvalue weighted by Gasteiger charge is 2.31. The van der Waals surface area contributed by atoms with Crippen LogP contribution in [0.1, 0.15) is 12.0 Å². The van der Waals surface area contributed by atoms with Crippen molar-refractivity contribution in [2.75, 3.05) is 10.8 Å². The van der Waals surface area contributed by atoms with Crippen molar-refractivity contribution in [2.45, 2.75) is 17.7 Å². The van der Waals surface area contributed by atoms with Crippen molar-refractivity contribution in [3.63, 3.8) is 0 Å². The van der Waals surface area contributed by atoms with Crippen molar-refractivity contribution in [3.05, 3.63) is 55.9 Å². The number of halogens is 2. The van der Waals surface area contributed by atoms with E-state index in [9.17, 15) is 13.2 Å². The Morgan fingerprint density at radius 3 is 2.77 bits per heavy atom. The maximum absolute atomic E-state index is 13.3. The van der Waals surface area contributed by atoms with Gasteiger partial charge in [-0.25, -0.2) is 13.2 Å². The summed E-state index contributed by atoms with van der Waals surface area (Å²) in [5, 5.41) is 0.0538. The van der Waals surface area contributed by atoms with Crippen LogP contribution < -0.4 is 10.1 Å². The molecular formula is C17H14BrClN2O4S. The van der Waals surface area contributed by atoms with Crippen molar-refractivity contribution < 1.29 is 12.8 Å². The maximum atomic E-state index is 13.3. The molecule has 26 heavy (non-hydrogen) atoms. The standard InChI is InChI=1S/C17H14BrClN2O4S/c1-20-14-8-12(19)16(9-15(14)25-17(20)22)26(23,24)21-6-2-3-10-7-11(18)4-5-13(10)21/h4-5,7-9H,2-3,6H2,1H3. The lowest BCUT2D eigenvalue weighted by atomic mass is 10.0. The van der Waals surface area contributed by atoms with Gasteiger partial charge in [-0.1, -0.05) is 27.5 Å². The van der Waals surface area contributed by atoms with Gasteiger partial charge in [-0.2, -0.15) is 0 Å². The van der Waals surface area contributed by atoms with Gasteiger partial charge in [0.2, 0.25) is 0 Å². The number of nitrogens with zero attached hydrogens (tertiary/aromatic N) is 2. The Bertz CT molecular complexity index is 1200. The second kappa shape index (κ2) is 6.14. The van der Waals surface area contributed by atoms with Crippen LogP contribution in [0.25, 0.3) is 11.1 Å². The molecule has 0 saturated heterocycles. The fourth-order valence-electron chi connectivity index (χ4n) is 3.23. The van der Waals surface area contributed by atoms with Gasteiger partial charge >= 0.3 is 5.76 Å². The molecule has 6 nitrogen and oxygen atoms in total. The molecule has 0 unspecified atom stereocenters. The summed E-state index contributed by atoms with van der Waals surface area (Å²) < 4.78 is 35.3. The Morgan fingerprint density at radius 2 is 2.00 bits per heavy atom. The second-order valence-electron chi connectivity index (χ2n) is 6.13. The van der Waals surface area contributed by atoms with Crippen LogP contribution >= 0.6 is 27.5 Å². The smallest absolute Gasteiger partial charge is 0.408 e. The molecule has 0 spiro atoms. The summed E-state index contributed by atoms with van der Waals surface area (Å²) in [4.78, 5) is 11.6. The molecule has 136 valence electrons. The molecule has 4 rings (SSSR count). The number of anilines is 1. The van der Waals surface area contributed by atoms with Gasteiger partial charge in [0.15, 0.2) is 5.58 Å². The van der Waals surface area contributed by atoms with E-state index in [0.29, 0.717) is 24.2 Å². The van der Waals surface area contributed by atoms with Gasteiger partial charge in [-0.05, 0) is 42.7 Å². The average Bonchev–Trinajstić information content (AvgIpc) is 2.87. The normalized spacial score (nSPS) is 14.7. The van der Waals surface area contributed by atoms with Crippen LogP contribution in [0.2, 0.25) is 5.02 Å². The van der Waals surface area contributed by atoms with Crippen molar-refractivity contribution in [2.24, 2.45) is 7.05 Å². The van der Waals surface area contributed by atoms with E-state index < -0.39 is 15.8 Å². The van der Waals surface area contributed by atoms with E-state index in [4.69, 9.17) is 16.0 Å². The number of fused-ring (bicyclic) bond motifs is 2. The third-order valence-electron chi connectivity index (χ3n) is 4.53. The summed E-state index contributed by atoms with van der Waals surface area (Å²) in [7, 11) is -2.36. The van der Waals surface area contributed by atoms with E-state index in [1.807, 2.05) is 12.1 Å². The van der Waals surface area contributed by atoms with Crippen molar-refractivity contribution >= 4 is 54.3 Å². The predicted octanol–water partition coefficient (Wildman–Crippen LogP) is 3.69. The average molecular weight is 458 g/mol. The van der Waals surface area contributed by atoms with Crippen LogP contribution in [0.3, 0.4) is 0 Å². The molecule has 0 amide bonds. The van der Waals surface area contributed by atoms with Gasteiger partial charge in [-0.3, -0.25) is 8.87 Å². The number of hydrogen-bond acceptors (Lipinski definition) is 4. The topological polar surface area (TPSA) is 72.5 Å². The lowest BCUT2D eigenvalue weighted by molar-refractivity contribution is 0.527. The van der Waals surface area contributed by atoms with Gasteiger partial charge in [0.05, 0.1) is 16.2 Å². The third-order valence-corrected chi connectivity index (χ3v) is 7.30. The fourth-order valence-corrected chi connectivity index (χ4v) is 5.69. The predicted molar refractivity (Wildman–Crippen MR) is 103 cm³/mol. The Hall–Kier alpha value is -1.77. The quantitative estimate of drug-likeness (QED) is 0.588. The third kappa shape index (κ3) is 2.67. The highest BCUT2D eigenvalue weighted by molar-refractivity contribution is 9.10. The fraction of sp³-hybridized carbons (Fsp3) is 0.235. The highest BCUT2D eigenvalue weighted by atomic mass is 79.9. The first kappa shape index (κ1) is 17.6. The number of oxazole rings is 1. The molecule has 3 aromatic rings. The van der Waals surface area contributed by atoms with Crippen LogP contribution in [-0.4, -0.2) is 19.5 Å². The number of benzene rings is 2. The van der Waals surface area contributed by atoms with Gasteiger partial charge in [0, 0.05) is 24.1 Å². The Balaban J connectivity index is 1.90. The molecule has 9 heteroatoms. The number of hydrogen-bond donors (Lipinski definition) is 0. The SMILES string of the molecule is Cn1c(=O)oc2cc(S(=O)(=O)N3CCCc4cc(Br)ccc43)c(Cl)cc21. The zero-order valence-corrected chi connectivity index (χ0v) is 16.9. The molecule has 0 bridgehead atoms. The van der Waals surface area contributed by atoms with E-state index in [1.54, 1.807) is 6.07 Å². The van der Waals surface area contributed by atoms with Gasteiger partial charge in [0.25, 0.3) is 10.0 Å². The minimum absolute atomic E-state index is 0.0538. The van der Waals surface area contributed by atoms with Crippen molar-refractivity contribution in [3.8, 4) is 0 Å². The first-order chi connectivity index (χ1) is 12.3. The monoisotopic (exact) mass is 456 g/mol. The molecule has 1 aliphatic rings. The largest absolute Gasteiger partial charge is 0.419 e. The van der Waals surface area contributed by atoms with Crippen LogP contribution in [0, 0.1) is 0 Å². The number of aryl methyl sites for hydroxylation is 2. The molecular weight excluding hydrogens is 444 g/mol. The number of rotatable bonds is 2. The molecule has 2 heterocycles. The van der Waals surface area contributed by atoms with Gasteiger partial charge in [0.1, 0.15) is 4.90 Å². The molecule has 2 aromatic carbocycles. The van der Waals surface area contributed by atoms with Crippen molar-refractivity contribution in [1.82, 2.24) is 4.57 Å². The Morgan fingerprint density at radius 1 is 1.23 bits per heavy atom. The van der Waals surface area contributed by atoms with Gasteiger partial charge < -0.3 is 4.42 Å². The molecule has 0 saturated carbocycles. The van der Waals surface area contributed by atoms with E-state index in [1.165, 1.54) is 28.1 Å². The molecule has 0 fully saturated rings. The minimum Gasteiger partial charge on any atom is -0.408 e. The molecule has 0 aliphatic carbocycles. The van der Waals surface area contributed by atoms with E-state index >= 15 is 0 Å². The summed E-state index contributed by atoms with van der Waals surface area (Å²) in [5.41, 5.74) is 2.23. The Kier molecular flexibility index (Phi) is 4.17. The van der Waals surface area contributed by atoms with Crippen LogP contribution in [0.4, 0.5) is 5.69 Å². The van der Waals surface area contributed by atoms with E-state index in [-0.39, 0.29) is 15.5 Å². The van der Waals surface area contributed by atoms with Gasteiger partial charge in [-0.15, -0.1) is 0 Å². The van der Waals surface area contributed by atoms with Crippen molar-refractivity contribution in [1.29, 1.82) is 0 Å².